The van der Waals surface area contributed by atoms with Gasteiger partial charge >= 0.3 is 6.18 Å². The highest BCUT2D eigenvalue weighted by atomic mass is 19.4. The van der Waals surface area contributed by atoms with Gasteiger partial charge in [0.05, 0.1) is 16.6 Å². The van der Waals surface area contributed by atoms with Crippen molar-refractivity contribution in [1.29, 1.82) is 0 Å². The molecule has 0 saturated heterocycles. The molecule has 1 amide bonds. The molecule has 1 aliphatic rings. The Labute approximate surface area is 163 Å². The number of alkyl halides is 3. The topological polar surface area (TPSA) is 67.8 Å². The predicted molar refractivity (Wildman–Crippen MR) is 102 cm³/mol. The minimum absolute atomic E-state index is 0.310. The quantitative estimate of drug-likeness (QED) is 0.739. The summed E-state index contributed by atoms with van der Waals surface area (Å²) in [7, 11) is 0. The van der Waals surface area contributed by atoms with Gasteiger partial charge in [-0.15, -0.1) is 0 Å². The number of nitrogens with one attached hydrogen (secondary N) is 1. The number of fused-ring (bicyclic) bond motifs is 1. The van der Waals surface area contributed by atoms with Gasteiger partial charge in [0.2, 0.25) is 0 Å². The first-order valence-electron chi connectivity index (χ1n) is 8.87. The number of amides is 1. The SMILES string of the molecule is O=C(Nc1ccncn1)C1=c2nc(-c3ccc(C(F)(F)F)cc3)ccc2=CCC1. The Morgan fingerprint density at radius 2 is 1.83 bits per heavy atom. The molecule has 4 rings (SSSR count). The zero-order valence-corrected chi connectivity index (χ0v) is 15.1. The Hall–Kier alpha value is -3.55. The van der Waals surface area contributed by atoms with Gasteiger partial charge in [0.15, 0.2) is 0 Å². The van der Waals surface area contributed by atoms with Crippen LogP contribution in [0.25, 0.3) is 22.9 Å². The first kappa shape index (κ1) is 18.8. The summed E-state index contributed by atoms with van der Waals surface area (Å²) in [6, 6.07) is 9.95. The van der Waals surface area contributed by atoms with Crippen molar-refractivity contribution in [1.82, 2.24) is 15.0 Å². The maximum Gasteiger partial charge on any atom is 0.416 e. The van der Waals surface area contributed by atoms with Gasteiger partial charge in [0, 0.05) is 17.3 Å². The Bertz CT molecular complexity index is 1170. The summed E-state index contributed by atoms with van der Waals surface area (Å²) in [5.41, 5.74) is 0.834. The van der Waals surface area contributed by atoms with Crippen molar-refractivity contribution in [2.45, 2.75) is 19.0 Å². The molecule has 3 aromatic rings. The standard InChI is InChI=1S/C21H15F3N4O/c22-21(23,24)15-7-4-13(5-8-15)17-9-6-14-2-1-3-16(19(14)27-17)20(29)28-18-10-11-25-12-26-18/h2,4-12H,1,3H2,(H,25,26,28,29). The van der Waals surface area contributed by atoms with E-state index in [-0.39, 0.29) is 5.91 Å². The highest BCUT2D eigenvalue weighted by molar-refractivity contribution is 6.20. The van der Waals surface area contributed by atoms with Crippen LogP contribution in [0.5, 0.6) is 0 Å². The highest BCUT2D eigenvalue weighted by Crippen LogP contribution is 2.30. The van der Waals surface area contributed by atoms with Crippen molar-refractivity contribution in [3.05, 3.63) is 71.1 Å². The summed E-state index contributed by atoms with van der Waals surface area (Å²) in [5.74, 6) is 0.0719. The zero-order chi connectivity index (χ0) is 20.4. The number of aromatic nitrogens is 3. The second kappa shape index (κ2) is 7.46. The van der Waals surface area contributed by atoms with Gasteiger partial charge in [-0.3, -0.25) is 4.79 Å². The third kappa shape index (κ3) is 4.01. The van der Waals surface area contributed by atoms with E-state index in [1.54, 1.807) is 12.1 Å². The third-order valence-electron chi connectivity index (χ3n) is 4.58. The molecule has 0 atom stereocenters. The van der Waals surface area contributed by atoms with Crippen LogP contribution >= 0.6 is 0 Å². The molecule has 146 valence electrons. The van der Waals surface area contributed by atoms with Crippen LogP contribution in [0.3, 0.4) is 0 Å². The maximum absolute atomic E-state index is 12.8. The van der Waals surface area contributed by atoms with Gasteiger partial charge in [-0.2, -0.15) is 13.2 Å². The van der Waals surface area contributed by atoms with E-state index in [9.17, 15) is 18.0 Å². The molecule has 0 spiro atoms. The first-order chi connectivity index (χ1) is 13.9. The second-order valence-corrected chi connectivity index (χ2v) is 6.48. The van der Waals surface area contributed by atoms with Gasteiger partial charge in [-0.05, 0) is 42.3 Å². The van der Waals surface area contributed by atoms with Crippen molar-refractivity contribution in [2.24, 2.45) is 0 Å². The van der Waals surface area contributed by atoms with Crippen LogP contribution in [0.2, 0.25) is 0 Å². The summed E-state index contributed by atoms with van der Waals surface area (Å²) in [4.78, 5) is 25.1. The molecule has 2 heterocycles. The van der Waals surface area contributed by atoms with E-state index in [0.29, 0.717) is 40.8 Å². The average molecular weight is 396 g/mol. The first-order valence-corrected chi connectivity index (χ1v) is 8.87. The normalized spacial score (nSPS) is 13.4. The van der Waals surface area contributed by atoms with Crippen LogP contribution in [0.1, 0.15) is 18.4 Å². The number of halogens is 3. The van der Waals surface area contributed by atoms with Crippen LogP contribution < -0.4 is 15.9 Å². The number of carbonyl (C=O) groups excluding carboxylic acids is 1. The average Bonchev–Trinajstić information content (AvgIpc) is 2.73. The van der Waals surface area contributed by atoms with Crippen LogP contribution in [0.4, 0.5) is 19.0 Å². The number of anilines is 1. The molecule has 0 fully saturated rings. The van der Waals surface area contributed by atoms with E-state index in [0.717, 1.165) is 17.4 Å². The number of hydrogen-bond donors (Lipinski definition) is 1. The van der Waals surface area contributed by atoms with Crippen molar-refractivity contribution >= 4 is 23.4 Å². The number of carbonyl (C=O) groups is 1. The lowest BCUT2D eigenvalue weighted by atomic mass is 10.0. The Morgan fingerprint density at radius 1 is 1.03 bits per heavy atom. The predicted octanol–water partition coefficient (Wildman–Crippen LogP) is 2.92. The Balaban J connectivity index is 1.73. The third-order valence-corrected chi connectivity index (χ3v) is 4.58. The summed E-state index contributed by atoms with van der Waals surface area (Å²) in [5, 5.41) is 4.08. The molecule has 29 heavy (non-hydrogen) atoms. The molecular weight excluding hydrogens is 381 g/mol. The second-order valence-electron chi connectivity index (χ2n) is 6.48. The van der Waals surface area contributed by atoms with E-state index in [2.05, 4.69) is 20.3 Å². The summed E-state index contributed by atoms with van der Waals surface area (Å²) < 4.78 is 38.4. The van der Waals surface area contributed by atoms with Crippen molar-refractivity contribution < 1.29 is 18.0 Å². The van der Waals surface area contributed by atoms with Crippen molar-refractivity contribution in [3.8, 4) is 11.3 Å². The van der Waals surface area contributed by atoms with Gasteiger partial charge in [0.1, 0.15) is 12.1 Å². The summed E-state index contributed by atoms with van der Waals surface area (Å²) >= 11 is 0. The van der Waals surface area contributed by atoms with Gasteiger partial charge in [0.25, 0.3) is 5.91 Å². The fraction of sp³-hybridized carbons (Fsp3) is 0.143. The maximum atomic E-state index is 12.8. The smallest absolute Gasteiger partial charge is 0.307 e. The highest BCUT2D eigenvalue weighted by Gasteiger charge is 2.30. The van der Waals surface area contributed by atoms with Crippen LogP contribution in [0.15, 0.2) is 55.0 Å². The molecule has 0 bridgehead atoms. The van der Waals surface area contributed by atoms with E-state index in [4.69, 9.17) is 0 Å². The molecule has 0 saturated carbocycles. The largest absolute Gasteiger partial charge is 0.416 e. The molecule has 8 heteroatoms. The number of benzene rings is 1. The number of nitrogens with zero attached hydrogens (tertiary/aromatic N) is 3. The van der Waals surface area contributed by atoms with Crippen LogP contribution in [0, 0.1) is 0 Å². The van der Waals surface area contributed by atoms with Crippen LogP contribution in [-0.4, -0.2) is 20.9 Å². The molecule has 1 N–H and O–H groups in total. The van der Waals surface area contributed by atoms with E-state index < -0.39 is 11.7 Å². The van der Waals surface area contributed by atoms with Crippen molar-refractivity contribution in [2.75, 3.05) is 5.32 Å². The summed E-state index contributed by atoms with van der Waals surface area (Å²) in [6.45, 7) is 0. The van der Waals surface area contributed by atoms with Crippen LogP contribution in [-0.2, 0) is 11.0 Å². The lowest BCUT2D eigenvalue weighted by Gasteiger charge is -2.12. The molecule has 0 radical (unpaired) electrons. The molecule has 1 aliphatic carbocycles. The minimum Gasteiger partial charge on any atom is -0.307 e. The lowest BCUT2D eigenvalue weighted by Crippen LogP contribution is -2.36. The molecular formula is C21H15F3N4O. The lowest BCUT2D eigenvalue weighted by molar-refractivity contribution is -0.137. The van der Waals surface area contributed by atoms with Gasteiger partial charge < -0.3 is 5.32 Å². The van der Waals surface area contributed by atoms with Crippen molar-refractivity contribution in [3.63, 3.8) is 0 Å². The number of rotatable bonds is 3. The molecule has 1 aromatic carbocycles. The summed E-state index contributed by atoms with van der Waals surface area (Å²) in [6.07, 6.45) is 1.66. The monoisotopic (exact) mass is 396 g/mol. The zero-order valence-electron chi connectivity index (χ0n) is 15.1. The van der Waals surface area contributed by atoms with Gasteiger partial charge in [-0.25, -0.2) is 15.0 Å². The van der Waals surface area contributed by atoms with Gasteiger partial charge in [-0.1, -0.05) is 24.3 Å². The number of hydrogen-bond acceptors (Lipinski definition) is 4. The van der Waals surface area contributed by atoms with E-state index in [1.165, 1.54) is 24.7 Å². The fourth-order valence-corrected chi connectivity index (χ4v) is 3.13. The Kier molecular flexibility index (Phi) is 4.84. The Morgan fingerprint density at radius 3 is 2.52 bits per heavy atom. The fourth-order valence-electron chi connectivity index (χ4n) is 3.13. The van der Waals surface area contributed by atoms with E-state index in [1.807, 2.05) is 12.1 Å². The van der Waals surface area contributed by atoms with E-state index >= 15 is 0 Å². The molecule has 0 aliphatic heterocycles. The molecule has 2 aromatic heterocycles. The number of pyridine rings is 1. The molecule has 5 nitrogen and oxygen atoms in total. The molecule has 0 unspecified atom stereocenters. The minimum atomic E-state index is -4.39.